The predicted molar refractivity (Wildman–Crippen MR) is 98.0 cm³/mol. The molecule has 0 fully saturated rings. The maximum absolute atomic E-state index is 13.7. The van der Waals surface area contributed by atoms with Gasteiger partial charge >= 0.3 is 0 Å². The van der Waals surface area contributed by atoms with E-state index in [4.69, 9.17) is 25.5 Å². The number of benzene rings is 2. The molecule has 2 aromatic carbocycles. The van der Waals surface area contributed by atoms with Gasteiger partial charge in [-0.1, -0.05) is 29.8 Å². The molecular formula is C20H19ClFNO3. The summed E-state index contributed by atoms with van der Waals surface area (Å²) in [7, 11) is 1.55. The van der Waals surface area contributed by atoms with Crippen molar-refractivity contribution in [2.24, 2.45) is 0 Å². The number of hydrogen-bond acceptors (Lipinski definition) is 4. The van der Waals surface area contributed by atoms with Gasteiger partial charge in [0.1, 0.15) is 18.2 Å². The van der Waals surface area contributed by atoms with E-state index in [1.165, 1.54) is 6.07 Å². The van der Waals surface area contributed by atoms with Crippen LogP contribution < -0.4 is 14.8 Å². The molecule has 1 N–H and O–H groups in total. The predicted octanol–water partition coefficient (Wildman–Crippen LogP) is 4.95. The Kier molecular flexibility index (Phi) is 6.15. The SMILES string of the molecule is COc1cc(CNCc2ccco2)c(Cl)cc1OCc1ccccc1F. The quantitative estimate of drug-likeness (QED) is 0.605. The molecule has 0 saturated carbocycles. The molecule has 0 aliphatic carbocycles. The van der Waals surface area contributed by atoms with Crippen molar-refractivity contribution in [3.63, 3.8) is 0 Å². The highest BCUT2D eigenvalue weighted by atomic mass is 35.5. The van der Waals surface area contributed by atoms with E-state index >= 15 is 0 Å². The van der Waals surface area contributed by atoms with Crippen LogP contribution in [0.15, 0.2) is 59.2 Å². The molecule has 0 atom stereocenters. The molecule has 1 aromatic heterocycles. The number of methoxy groups -OCH3 is 1. The molecular weight excluding hydrogens is 357 g/mol. The molecule has 0 aliphatic rings. The lowest BCUT2D eigenvalue weighted by Crippen LogP contribution is -2.12. The highest BCUT2D eigenvalue weighted by Gasteiger charge is 2.12. The van der Waals surface area contributed by atoms with E-state index in [-0.39, 0.29) is 12.4 Å². The number of rotatable bonds is 8. The Balaban J connectivity index is 1.67. The zero-order valence-electron chi connectivity index (χ0n) is 14.3. The molecule has 0 saturated heterocycles. The normalized spacial score (nSPS) is 10.7. The Bertz CT molecular complexity index is 852. The summed E-state index contributed by atoms with van der Waals surface area (Å²) in [6.07, 6.45) is 1.63. The van der Waals surface area contributed by atoms with Crippen LogP contribution in [0.4, 0.5) is 4.39 Å². The van der Waals surface area contributed by atoms with E-state index in [1.54, 1.807) is 37.6 Å². The van der Waals surface area contributed by atoms with Gasteiger partial charge in [-0.05, 0) is 29.8 Å². The van der Waals surface area contributed by atoms with Crippen molar-refractivity contribution in [2.75, 3.05) is 7.11 Å². The Morgan fingerprint density at radius 1 is 1.04 bits per heavy atom. The van der Waals surface area contributed by atoms with Crippen LogP contribution in [0.1, 0.15) is 16.9 Å². The van der Waals surface area contributed by atoms with Gasteiger partial charge in [0, 0.05) is 23.2 Å². The molecule has 0 spiro atoms. The summed E-state index contributed by atoms with van der Waals surface area (Å²) in [6, 6.07) is 13.7. The summed E-state index contributed by atoms with van der Waals surface area (Å²) in [4.78, 5) is 0. The van der Waals surface area contributed by atoms with Crippen molar-refractivity contribution in [3.05, 3.63) is 82.5 Å². The van der Waals surface area contributed by atoms with Crippen molar-refractivity contribution in [3.8, 4) is 11.5 Å². The van der Waals surface area contributed by atoms with E-state index in [2.05, 4.69) is 5.32 Å². The van der Waals surface area contributed by atoms with Crippen LogP contribution >= 0.6 is 11.6 Å². The molecule has 3 aromatic rings. The third-order valence-corrected chi connectivity index (χ3v) is 4.22. The van der Waals surface area contributed by atoms with Gasteiger partial charge in [-0.25, -0.2) is 4.39 Å². The van der Waals surface area contributed by atoms with Gasteiger partial charge in [0.15, 0.2) is 11.5 Å². The van der Waals surface area contributed by atoms with Crippen LogP contribution in [0.3, 0.4) is 0 Å². The molecule has 1 heterocycles. The highest BCUT2D eigenvalue weighted by molar-refractivity contribution is 6.31. The van der Waals surface area contributed by atoms with Crippen LogP contribution in [0.5, 0.6) is 11.5 Å². The summed E-state index contributed by atoms with van der Waals surface area (Å²) < 4.78 is 30.1. The van der Waals surface area contributed by atoms with Gasteiger partial charge in [0.25, 0.3) is 0 Å². The smallest absolute Gasteiger partial charge is 0.163 e. The van der Waals surface area contributed by atoms with E-state index in [1.807, 2.05) is 18.2 Å². The molecule has 0 aliphatic heterocycles. The molecule has 136 valence electrons. The Morgan fingerprint density at radius 2 is 1.88 bits per heavy atom. The molecule has 3 rings (SSSR count). The van der Waals surface area contributed by atoms with E-state index in [9.17, 15) is 4.39 Å². The Morgan fingerprint density at radius 3 is 2.62 bits per heavy atom. The van der Waals surface area contributed by atoms with Crippen LogP contribution in [0, 0.1) is 5.82 Å². The molecule has 0 radical (unpaired) electrons. The summed E-state index contributed by atoms with van der Waals surface area (Å²) in [5, 5.41) is 3.80. The fraction of sp³-hybridized carbons (Fsp3) is 0.200. The second-order valence-electron chi connectivity index (χ2n) is 5.66. The summed E-state index contributed by atoms with van der Waals surface area (Å²) in [5.41, 5.74) is 1.34. The maximum atomic E-state index is 13.7. The topological polar surface area (TPSA) is 43.6 Å². The second kappa shape index (κ2) is 8.74. The van der Waals surface area contributed by atoms with Crippen molar-refractivity contribution in [1.82, 2.24) is 5.32 Å². The monoisotopic (exact) mass is 375 g/mol. The van der Waals surface area contributed by atoms with Gasteiger partial charge in [-0.15, -0.1) is 0 Å². The van der Waals surface area contributed by atoms with Gasteiger partial charge < -0.3 is 19.2 Å². The minimum atomic E-state index is -0.309. The first kappa shape index (κ1) is 18.3. The standard InChI is InChI=1S/C20H19ClFNO3/c1-24-19-9-15(11-23-12-16-6-4-8-25-16)17(21)10-20(19)26-13-14-5-2-3-7-18(14)22/h2-10,23H,11-13H2,1H3. The first-order valence-electron chi connectivity index (χ1n) is 8.13. The lowest BCUT2D eigenvalue weighted by molar-refractivity contribution is 0.279. The zero-order chi connectivity index (χ0) is 18.4. The average molecular weight is 376 g/mol. The third kappa shape index (κ3) is 4.56. The number of nitrogens with one attached hydrogen (secondary N) is 1. The van der Waals surface area contributed by atoms with Crippen molar-refractivity contribution in [2.45, 2.75) is 19.7 Å². The van der Waals surface area contributed by atoms with E-state index in [0.717, 1.165) is 11.3 Å². The number of hydrogen-bond donors (Lipinski definition) is 1. The van der Waals surface area contributed by atoms with Gasteiger partial charge in [-0.2, -0.15) is 0 Å². The second-order valence-corrected chi connectivity index (χ2v) is 6.06. The number of furan rings is 1. The van der Waals surface area contributed by atoms with Crippen molar-refractivity contribution < 1.29 is 18.3 Å². The summed E-state index contributed by atoms with van der Waals surface area (Å²) >= 11 is 6.36. The third-order valence-electron chi connectivity index (χ3n) is 3.87. The first-order chi connectivity index (χ1) is 12.7. The van der Waals surface area contributed by atoms with Crippen LogP contribution in [0.25, 0.3) is 0 Å². The number of halogens is 2. The molecule has 4 nitrogen and oxygen atoms in total. The molecule has 6 heteroatoms. The number of ether oxygens (including phenoxy) is 2. The van der Waals surface area contributed by atoms with Crippen LogP contribution in [-0.2, 0) is 19.7 Å². The van der Waals surface area contributed by atoms with Crippen LogP contribution in [-0.4, -0.2) is 7.11 Å². The lowest BCUT2D eigenvalue weighted by atomic mass is 10.2. The zero-order valence-corrected chi connectivity index (χ0v) is 15.1. The largest absolute Gasteiger partial charge is 0.493 e. The van der Waals surface area contributed by atoms with Crippen molar-refractivity contribution in [1.29, 1.82) is 0 Å². The summed E-state index contributed by atoms with van der Waals surface area (Å²) in [5.74, 6) is 1.55. The Labute approximate surface area is 156 Å². The van der Waals surface area contributed by atoms with Gasteiger partial charge in [0.2, 0.25) is 0 Å². The molecule has 26 heavy (non-hydrogen) atoms. The van der Waals surface area contributed by atoms with Crippen molar-refractivity contribution >= 4 is 11.6 Å². The van der Waals surface area contributed by atoms with Gasteiger partial charge in [0.05, 0.1) is 19.9 Å². The maximum Gasteiger partial charge on any atom is 0.163 e. The minimum absolute atomic E-state index is 0.0927. The Hall–Kier alpha value is -2.50. The fourth-order valence-electron chi connectivity index (χ4n) is 2.49. The van der Waals surface area contributed by atoms with E-state index < -0.39 is 0 Å². The fourth-order valence-corrected chi connectivity index (χ4v) is 2.71. The van der Waals surface area contributed by atoms with Gasteiger partial charge in [-0.3, -0.25) is 0 Å². The first-order valence-corrected chi connectivity index (χ1v) is 8.51. The lowest BCUT2D eigenvalue weighted by Gasteiger charge is -2.14. The minimum Gasteiger partial charge on any atom is -0.493 e. The van der Waals surface area contributed by atoms with Crippen LogP contribution in [0.2, 0.25) is 5.02 Å². The summed E-state index contributed by atoms with van der Waals surface area (Å²) in [6.45, 7) is 1.23. The van der Waals surface area contributed by atoms with E-state index in [0.29, 0.717) is 35.2 Å². The molecule has 0 unspecified atom stereocenters. The molecule has 0 bridgehead atoms. The average Bonchev–Trinajstić information content (AvgIpc) is 3.16. The highest BCUT2D eigenvalue weighted by Crippen LogP contribution is 2.34. The molecule has 0 amide bonds.